The van der Waals surface area contributed by atoms with Crippen LogP contribution in [0.1, 0.15) is 30.9 Å². The van der Waals surface area contributed by atoms with Crippen molar-refractivity contribution in [2.75, 3.05) is 13.1 Å². The summed E-state index contributed by atoms with van der Waals surface area (Å²) >= 11 is 0. The third-order valence-electron chi connectivity index (χ3n) is 4.30. The minimum atomic E-state index is -0.322. The van der Waals surface area contributed by atoms with Crippen molar-refractivity contribution in [2.45, 2.75) is 31.3 Å². The van der Waals surface area contributed by atoms with Crippen LogP contribution in [0.25, 0.3) is 0 Å². The second-order valence-electron chi connectivity index (χ2n) is 5.55. The smallest absolute Gasteiger partial charge is 0.269 e. The van der Waals surface area contributed by atoms with E-state index < -0.39 is 0 Å². The number of nitro groups is 1. The monoisotopic (exact) mass is 261 g/mol. The van der Waals surface area contributed by atoms with Gasteiger partial charge in [-0.05, 0) is 43.8 Å². The van der Waals surface area contributed by atoms with Crippen LogP contribution in [0.2, 0.25) is 0 Å². The quantitative estimate of drug-likeness (QED) is 0.665. The molecule has 19 heavy (non-hydrogen) atoms. The van der Waals surface area contributed by atoms with Gasteiger partial charge in [-0.1, -0.05) is 12.1 Å². The molecule has 1 aromatic carbocycles. The van der Waals surface area contributed by atoms with Crippen LogP contribution in [0.4, 0.5) is 5.69 Å². The number of likely N-dealkylation sites (tertiary alicyclic amines) is 1. The third-order valence-corrected chi connectivity index (χ3v) is 4.30. The molecule has 0 aromatic heterocycles. The molecule has 102 valence electrons. The molecule has 1 saturated heterocycles. The van der Waals surface area contributed by atoms with E-state index in [2.05, 4.69) is 4.90 Å². The van der Waals surface area contributed by atoms with Crippen LogP contribution in [0.15, 0.2) is 24.3 Å². The van der Waals surface area contributed by atoms with Crippen LogP contribution in [0.3, 0.4) is 0 Å². The number of nitro benzene ring substituents is 1. The van der Waals surface area contributed by atoms with Gasteiger partial charge in [-0.25, -0.2) is 0 Å². The van der Waals surface area contributed by atoms with Crippen molar-refractivity contribution < 1.29 is 4.92 Å². The molecule has 3 rings (SSSR count). The average Bonchev–Trinajstić information content (AvgIpc) is 3.18. The molecule has 0 radical (unpaired) electrons. The lowest BCUT2D eigenvalue weighted by Crippen LogP contribution is -2.29. The zero-order chi connectivity index (χ0) is 13.4. The molecule has 2 fully saturated rings. The highest BCUT2D eigenvalue weighted by Crippen LogP contribution is 2.44. The van der Waals surface area contributed by atoms with Gasteiger partial charge in [0, 0.05) is 24.2 Å². The lowest BCUT2D eigenvalue weighted by molar-refractivity contribution is -0.385. The van der Waals surface area contributed by atoms with E-state index in [-0.39, 0.29) is 16.7 Å². The summed E-state index contributed by atoms with van der Waals surface area (Å²) in [5, 5.41) is 10.9. The maximum Gasteiger partial charge on any atom is 0.269 e. The number of non-ortho nitro benzene ring substituents is 1. The zero-order valence-electron chi connectivity index (χ0n) is 10.9. The molecule has 0 amide bonds. The highest BCUT2D eigenvalue weighted by atomic mass is 16.6. The maximum atomic E-state index is 10.9. The third kappa shape index (κ3) is 2.35. The molecule has 2 unspecified atom stereocenters. The summed E-state index contributed by atoms with van der Waals surface area (Å²) in [6, 6.07) is 7.98. The minimum Gasteiger partial charge on any atom is -0.330 e. The summed E-state index contributed by atoms with van der Waals surface area (Å²) < 4.78 is 0. The predicted octanol–water partition coefficient (Wildman–Crippen LogP) is 2.08. The van der Waals surface area contributed by atoms with Crippen LogP contribution >= 0.6 is 0 Å². The SMILES string of the molecule is NCC1CCN(C2CC2)C1c1cccc([N+](=O)[O-])c1. The van der Waals surface area contributed by atoms with Gasteiger partial charge in [0.1, 0.15) is 0 Å². The minimum absolute atomic E-state index is 0.177. The molecule has 0 bridgehead atoms. The van der Waals surface area contributed by atoms with Gasteiger partial charge in [0.15, 0.2) is 0 Å². The number of rotatable bonds is 4. The molecule has 2 atom stereocenters. The van der Waals surface area contributed by atoms with Crippen molar-refractivity contribution in [3.05, 3.63) is 39.9 Å². The van der Waals surface area contributed by atoms with E-state index in [4.69, 9.17) is 5.73 Å². The fraction of sp³-hybridized carbons (Fsp3) is 0.571. The van der Waals surface area contributed by atoms with Crippen molar-refractivity contribution in [3.8, 4) is 0 Å². The van der Waals surface area contributed by atoms with Crippen LogP contribution in [0, 0.1) is 16.0 Å². The Hall–Kier alpha value is -1.46. The molecule has 1 aromatic rings. The molecule has 1 aliphatic carbocycles. The number of nitrogens with two attached hydrogens (primary N) is 1. The summed E-state index contributed by atoms with van der Waals surface area (Å²) in [6.07, 6.45) is 3.60. The second-order valence-corrected chi connectivity index (χ2v) is 5.55. The Labute approximate surface area is 112 Å². The van der Waals surface area contributed by atoms with E-state index in [0.717, 1.165) is 18.5 Å². The van der Waals surface area contributed by atoms with E-state index in [1.807, 2.05) is 6.07 Å². The van der Waals surface area contributed by atoms with E-state index in [9.17, 15) is 10.1 Å². The molecule has 2 aliphatic rings. The average molecular weight is 261 g/mol. The van der Waals surface area contributed by atoms with Crippen molar-refractivity contribution in [1.29, 1.82) is 0 Å². The molecule has 5 nitrogen and oxygen atoms in total. The summed E-state index contributed by atoms with van der Waals surface area (Å²) in [5.41, 5.74) is 7.11. The second kappa shape index (κ2) is 4.90. The lowest BCUT2D eigenvalue weighted by atomic mass is 9.93. The molecule has 1 heterocycles. The summed E-state index contributed by atoms with van der Waals surface area (Å²) in [7, 11) is 0. The van der Waals surface area contributed by atoms with Crippen molar-refractivity contribution in [3.63, 3.8) is 0 Å². The molecular formula is C14H19N3O2. The number of nitrogens with zero attached hydrogens (tertiary/aromatic N) is 2. The molecule has 0 spiro atoms. The zero-order valence-corrected chi connectivity index (χ0v) is 10.9. The first kappa shape index (κ1) is 12.6. The lowest BCUT2D eigenvalue weighted by Gasteiger charge is -2.28. The first-order valence-corrected chi connectivity index (χ1v) is 6.91. The van der Waals surface area contributed by atoms with Gasteiger partial charge in [0.25, 0.3) is 5.69 Å². The van der Waals surface area contributed by atoms with Gasteiger partial charge < -0.3 is 5.73 Å². The number of hydrogen-bond donors (Lipinski definition) is 1. The van der Waals surface area contributed by atoms with Gasteiger partial charge in [-0.15, -0.1) is 0 Å². The van der Waals surface area contributed by atoms with Gasteiger partial charge in [-0.2, -0.15) is 0 Å². The normalized spacial score (nSPS) is 27.6. The van der Waals surface area contributed by atoms with E-state index in [1.165, 1.54) is 12.8 Å². The van der Waals surface area contributed by atoms with Crippen LogP contribution in [-0.2, 0) is 0 Å². The Morgan fingerprint density at radius 1 is 1.37 bits per heavy atom. The summed E-state index contributed by atoms with van der Waals surface area (Å²) in [6.45, 7) is 1.72. The summed E-state index contributed by atoms with van der Waals surface area (Å²) in [4.78, 5) is 13.1. The Bertz CT molecular complexity index is 487. The highest BCUT2D eigenvalue weighted by Gasteiger charge is 2.42. The Kier molecular flexibility index (Phi) is 3.24. The maximum absolute atomic E-state index is 10.9. The van der Waals surface area contributed by atoms with Gasteiger partial charge in [0.05, 0.1) is 4.92 Å². The molecular weight excluding hydrogens is 242 g/mol. The van der Waals surface area contributed by atoms with Crippen molar-refractivity contribution >= 4 is 5.69 Å². The van der Waals surface area contributed by atoms with E-state index >= 15 is 0 Å². The first-order valence-electron chi connectivity index (χ1n) is 6.91. The highest BCUT2D eigenvalue weighted by molar-refractivity contribution is 5.36. The first-order chi connectivity index (χ1) is 9.20. The standard InChI is InChI=1S/C14H19N3O2/c15-9-11-6-7-16(12-4-5-12)14(11)10-2-1-3-13(8-10)17(18)19/h1-3,8,11-12,14H,4-7,9,15H2. The predicted molar refractivity (Wildman–Crippen MR) is 72.7 cm³/mol. The largest absolute Gasteiger partial charge is 0.330 e. The van der Waals surface area contributed by atoms with Crippen molar-refractivity contribution in [1.82, 2.24) is 4.90 Å². The fourth-order valence-corrected chi connectivity index (χ4v) is 3.23. The van der Waals surface area contributed by atoms with Gasteiger partial charge >= 0.3 is 0 Å². The van der Waals surface area contributed by atoms with Crippen LogP contribution in [0.5, 0.6) is 0 Å². The van der Waals surface area contributed by atoms with Crippen LogP contribution < -0.4 is 5.73 Å². The van der Waals surface area contributed by atoms with E-state index in [0.29, 0.717) is 18.5 Å². The van der Waals surface area contributed by atoms with Crippen LogP contribution in [-0.4, -0.2) is 29.0 Å². The number of hydrogen-bond acceptors (Lipinski definition) is 4. The molecule has 1 aliphatic heterocycles. The Morgan fingerprint density at radius 2 is 2.16 bits per heavy atom. The summed E-state index contributed by atoms with van der Waals surface area (Å²) in [5.74, 6) is 0.419. The van der Waals surface area contributed by atoms with Gasteiger partial charge in [0.2, 0.25) is 0 Å². The fourth-order valence-electron chi connectivity index (χ4n) is 3.23. The van der Waals surface area contributed by atoms with Crippen molar-refractivity contribution in [2.24, 2.45) is 11.7 Å². The van der Waals surface area contributed by atoms with Gasteiger partial charge in [-0.3, -0.25) is 15.0 Å². The molecule has 1 saturated carbocycles. The molecule has 2 N–H and O–H groups in total. The molecule has 5 heteroatoms. The van der Waals surface area contributed by atoms with E-state index in [1.54, 1.807) is 18.2 Å². The Morgan fingerprint density at radius 3 is 2.79 bits per heavy atom. The Balaban J connectivity index is 1.92. The number of benzene rings is 1. The topological polar surface area (TPSA) is 72.4 Å².